The van der Waals surface area contributed by atoms with Crippen LogP contribution in [0.15, 0.2) is 89.8 Å². The first-order valence-electron chi connectivity index (χ1n) is 11.8. The lowest BCUT2D eigenvalue weighted by molar-refractivity contribution is 0.425. The first kappa shape index (κ1) is 22.5. The van der Waals surface area contributed by atoms with Crippen LogP contribution in [0.4, 0.5) is 17.1 Å². The van der Waals surface area contributed by atoms with Crippen molar-refractivity contribution in [3.63, 3.8) is 0 Å². The predicted molar refractivity (Wildman–Crippen MR) is 140 cm³/mol. The third-order valence-corrected chi connectivity index (χ3v) is 8.92. The second-order valence-corrected chi connectivity index (χ2v) is 11.1. The molecule has 5 nitrogen and oxygen atoms in total. The van der Waals surface area contributed by atoms with Crippen LogP contribution in [0.25, 0.3) is 0 Å². The Morgan fingerprint density at radius 3 is 2.35 bits per heavy atom. The van der Waals surface area contributed by atoms with Gasteiger partial charge in [0, 0.05) is 37.9 Å². The lowest BCUT2D eigenvalue weighted by Gasteiger charge is -2.38. The van der Waals surface area contributed by atoms with E-state index in [1.807, 2.05) is 63.5 Å². The molecule has 1 N–H and O–H groups in total. The zero-order valence-corrected chi connectivity index (χ0v) is 20.7. The van der Waals surface area contributed by atoms with Gasteiger partial charge in [-0.2, -0.15) is 0 Å². The molecule has 3 atom stereocenters. The summed E-state index contributed by atoms with van der Waals surface area (Å²) in [4.78, 5) is 2.44. The molecule has 1 aliphatic carbocycles. The van der Waals surface area contributed by atoms with Crippen LogP contribution in [0.5, 0.6) is 0 Å². The number of allylic oxidation sites excluding steroid dienone is 2. The van der Waals surface area contributed by atoms with Crippen LogP contribution in [0, 0.1) is 5.92 Å². The minimum atomic E-state index is -3.67. The molecule has 0 radical (unpaired) electrons. The number of hydrogen-bond donors (Lipinski definition) is 1. The Bertz CT molecular complexity index is 1300. The van der Waals surface area contributed by atoms with E-state index in [1.165, 1.54) is 15.6 Å². The SMILES string of the molecule is CCN(c1ccccc1)S(=O)(=O)c1ccc2c(c1)C1C=CCC1C(c1ccc(N(C)C)cc1)N2. The van der Waals surface area contributed by atoms with Crippen molar-refractivity contribution >= 4 is 27.1 Å². The van der Waals surface area contributed by atoms with Crippen molar-refractivity contribution in [2.45, 2.75) is 30.2 Å². The number of nitrogens with zero attached hydrogens (tertiary/aromatic N) is 2. The summed E-state index contributed by atoms with van der Waals surface area (Å²) in [5.74, 6) is 0.545. The number of sulfonamides is 1. The minimum absolute atomic E-state index is 0.183. The number of rotatable bonds is 6. The molecule has 0 fully saturated rings. The van der Waals surface area contributed by atoms with Crippen molar-refractivity contribution in [2.75, 3.05) is 35.2 Å². The van der Waals surface area contributed by atoms with Gasteiger partial charge in [-0.25, -0.2) is 8.42 Å². The summed E-state index contributed by atoms with van der Waals surface area (Å²) in [7, 11) is 0.423. The highest BCUT2D eigenvalue weighted by atomic mass is 32.2. The largest absolute Gasteiger partial charge is 0.378 e. The average molecular weight is 474 g/mol. The van der Waals surface area contributed by atoms with Crippen molar-refractivity contribution in [2.24, 2.45) is 5.92 Å². The molecule has 0 amide bonds. The number of nitrogens with one attached hydrogen (secondary N) is 1. The maximum atomic E-state index is 13.6. The first-order valence-corrected chi connectivity index (χ1v) is 13.3. The molecule has 3 unspecified atom stereocenters. The molecule has 0 saturated heterocycles. The predicted octanol–water partition coefficient (Wildman–Crippen LogP) is 5.79. The van der Waals surface area contributed by atoms with Gasteiger partial charge in [-0.15, -0.1) is 0 Å². The normalized spacial score (nSPS) is 20.9. The fraction of sp³-hybridized carbons (Fsp3) is 0.286. The van der Waals surface area contributed by atoms with E-state index in [0.29, 0.717) is 23.0 Å². The summed E-state index contributed by atoms with van der Waals surface area (Å²) < 4.78 is 28.7. The van der Waals surface area contributed by atoms with E-state index in [0.717, 1.165) is 17.7 Å². The number of benzene rings is 3. The van der Waals surface area contributed by atoms with Crippen molar-refractivity contribution in [1.29, 1.82) is 0 Å². The summed E-state index contributed by atoms with van der Waals surface area (Å²) in [6.07, 6.45) is 5.45. The summed E-state index contributed by atoms with van der Waals surface area (Å²) in [6, 6.07) is 23.7. The summed E-state index contributed by atoms with van der Waals surface area (Å²) in [5, 5.41) is 3.72. The Balaban J connectivity index is 1.50. The van der Waals surface area contributed by atoms with Crippen LogP contribution in [0.2, 0.25) is 0 Å². The lowest BCUT2D eigenvalue weighted by Crippen LogP contribution is -2.32. The number of para-hydroxylation sites is 1. The van der Waals surface area contributed by atoms with E-state index < -0.39 is 10.0 Å². The average Bonchev–Trinajstić information content (AvgIpc) is 3.35. The van der Waals surface area contributed by atoms with Crippen LogP contribution in [-0.2, 0) is 10.0 Å². The van der Waals surface area contributed by atoms with Gasteiger partial charge in [0.1, 0.15) is 0 Å². The zero-order chi connectivity index (χ0) is 23.9. The Kier molecular flexibility index (Phi) is 5.86. The van der Waals surface area contributed by atoms with Crippen LogP contribution in [-0.4, -0.2) is 29.1 Å². The van der Waals surface area contributed by atoms with Crippen LogP contribution < -0.4 is 14.5 Å². The molecular formula is C28H31N3O2S. The van der Waals surface area contributed by atoms with Crippen molar-refractivity contribution in [3.05, 3.63) is 96.1 Å². The molecule has 0 saturated carbocycles. The van der Waals surface area contributed by atoms with E-state index in [4.69, 9.17) is 0 Å². The molecule has 1 heterocycles. The molecule has 0 bridgehead atoms. The molecule has 3 aromatic rings. The van der Waals surface area contributed by atoms with E-state index >= 15 is 0 Å². The molecule has 0 aromatic heterocycles. The summed E-state index contributed by atoms with van der Waals surface area (Å²) in [5.41, 5.74) is 5.18. The van der Waals surface area contributed by atoms with Gasteiger partial charge in [-0.1, -0.05) is 42.5 Å². The van der Waals surface area contributed by atoms with Crippen LogP contribution in [0.3, 0.4) is 0 Å². The molecule has 1 aliphatic heterocycles. The third kappa shape index (κ3) is 3.86. The van der Waals surface area contributed by atoms with Gasteiger partial charge in [-0.05, 0) is 72.9 Å². The number of fused-ring (bicyclic) bond motifs is 3. The van der Waals surface area contributed by atoms with E-state index in [-0.39, 0.29) is 12.0 Å². The highest BCUT2D eigenvalue weighted by Crippen LogP contribution is 2.50. The minimum Gasteiger partial charge on any atom is -0.378 e. The summed E-state index contributed by atoms with van der Waals surface area (Å²) in [6.45, 7) is 2.24. The number of anilines is 3. The molecule has 34 heavy (non-hydrogen) atoms. The fourth-order valence-electron chi connectivity index (χ4n) is 5.26. The van der Waals surface area contributed by atoms with Gasteiger partial charge in [0.2, 0.25) is 0 Å². The molecule has 2 aliphatic rings. The maximum absolute atomic E-state index is 13.6. The molecule has 6 heteroatoms. The van der Waals surface area contributed by atoms with Gasteiger partial charge in [0.25, 0.3) is 10.0 Å². The Morgan fingerprint density at radius 2 is 1.68 bits per heavy atom. The van der Waals surface area contributed by atoms with E-state index in [2.05, 4.69) is 46.6 Å². The fourth-order valence-corrected chi connectivity index (χ4v) is 6.77. The van der Waals surface area contributed by atoms with Crippen LogP contribution in [0.1, 0.15) is 36.4 Å². The van der Waals surface area contributed by atoms with E-state index in [9.17, 15) is 8.42 Å². The third-order valence-electron chi connectivity index (χ3n) is 7.02. The lowest BCUT2D eigenvalue weighted by atomic mass is 9.77. The highest BCUT2D eigenvalue weighted by molar-refractivity contribution is 7.92. The standard InChI is InChI=1S/C28H31N3O2S/c1-4-31(22-9-6-5-7-10-22)34(32,33)23-17-18-27-26(19-23)24-11-8-12-25(24)28(29-27)20-13-15-21(16-14-20)30(2)3/h5-11,13-19,24-25,28-29H,4,12H2,1-3H3. The second kappa shape index (κ2) is 8.84. The zero-order valence-electron chi connectivity index (χ0n) is 19.8. The summed E-state index contributed by atoms with van der Waals surface area (Å²) >= 11 is 0. The van der Waals surface area contributed by atoms with Gasteiger partial charge in [0.15, 0.2) is 0 Å². The molecule has 176 valence electrons. The number of hydrogen-bond acceptors (Lipinski definition) is 4. The molecule has 3 aromatic carbocycles. The monoisotopic (exact) mass is 473 g/mol. The molecular weight excluding hydrogens is 442 g/mol. The highest BCUT2D eigenvalue weighted by Gasteiger charge is 2.38. The maximum Gasteiger partial charge on any atom is 0.264 e. The Hall–Kier alpha value is -3.25. The smallest absolute Gasteiger partial charge is 0.264 e. The van der Waals surface area contributed by atoms with Crippen molar-refractivity contribution in [1.82, 2.24) is 0 Å². The van der Waals surface area contributed by atoms with Gasteiger partial charge >= 0.3 is 0 Å². The topological polar surface area (TPSA) is 52.7 Å². The van der Waals surface area contributed by atoms with Gasteiger partial charge < -0.3 is 10.2 Å². The Morgan fingerprint density at radius 1 is 0.941 bits per heavy atom. The van der Waals surface area contributed by atoms with Crippen molar-refractivity contribution < 1.29 is 8.42 Å². The van der Waals surface area contributed by atoms with Gasteiger partial charge in [0.05, 0.1) is 16.6 Å². The van der Waals surface area contributed by atoms with Gasteiger partial charge in [-0.3, -0.25) is 4.31 Å². The van der Waals surface area contributed by atoms with E-state index in [1.54, 1.807) is 6.07 Å². The van der Waals surface area contributed by atoms with Crippen molar-refractivity contribution in [3.8, 4) is 0 Å². The second-order valence-electron chi connectivity index (χ2n) is 9.22. The first-order chi connectivity index (χ1) is 16.4. The van der Waals surface area contributed by atoms with Crippen LogP contribution >= 0.6 is 0 Å². The molecule has 0 spiro atoms. The molecule has 5 rings (SSSR count). The Labute approximate surface area is 202 Å². The quantitative estimate of drug-likeness (QED) is 0.460.